The number of ether oxygens (including phenoxy) is 2. The van der Waals surface area contributed by atoms with Crippen molar-refractivity contribution >= 4 is 11.0 Å². The summed E-state index contributed by atoms with van der Waals surface area (Å²) in [5, 5.41) is 20.1. The number of benzene rings is 1. The van der Waals surface area contributed by atoms with Crippen molar-refractivity contribution in [2.45, 2.75) is 70.4 Å². The molecule has 0 spiro atoms. The Balaban J connectivity index is 1.88. The van der Waals surface area contributed by atoms with E-state index in [-0.39, 0.29) is 23.9 Å². The van der Waals surface area contributed by atoms with Crippen LogP contribution < -0.4 is 14.9 Å². The fraction of sp³-hybridized carbons (Fsp3) is 0.550. The minimum atomic E-state index is -1.02. The molecule has 2 aromatic rings. The first kappa shape index (κ1) is 17.4. The number of aliphatic hydroxyl groups excluding tert-OH is 1. The van der Waals surface area contributed by atoms with Crippen molar-refractivity contribution in [2.24, 2.45) is 0 Å². The zero-order chi connectivity index (χ0) is 18.5. The van der Waals surface area contributed by atoms with Gasteiger partial charge in [-0.15, -0.1) is 0 Å². The Kier molecular flexibility index (Phi) is 4.20. The molecule has 0 radical (unpaired) electrons. The topological polar surface area (TPSA) is 89.1 Å². The Hall–Kier alpha value is -2.05. The first-order valence-electron chi connectivity index (χ1n) is 9.16. The first-order valence-corrected chi connectivity index (χ1v) is 9.16. The summed E-state index contributed by atoms with van der Waals surface area (Å²) in [4.78, 5) is 12.7. The summed E-state index contributed by atoms with van der Waals surface area (Å²) in [6.45, 7) is 3.05. The highest BCUT2D eigenvalue weighted by Crippen LogP contribution is 2.44. The van der Waals surface area contributed by atoms with Crippen LogP contribution in [-0.4, -0.2) is 28.0 Å². The predicted molar refractivity (Wildman–Crippen MR) is 95.7 cm³/mol. The molecule has 6 nitrogen and oxygen atoms in total. The fourth-order valence-electron chi connectivity index (χ4n) is 3.81. The standard InChI is InChI=1S/C20H24O6/c1-20(2,23)17-8-13-15(26-17)9-16-18(14(22)7-12(10-21)24-16)19(13)25-11-5-3-4-6-11/h7,9,11,17,21,23H,3-6,8,10H2,1-2H3. The van der Waals surface area contributed by atoms with Gasteiger partial charge in [-0.2, -0.15) is 0 Å². The molecule has 1 atom stereocenters. The van der Waals surface area contributed by atoms with E-state index in [1.807, 2.05) is 0 Å². The van der Waals surface area contributed by atoms with Gasteiger partial charge in [-0.3, -0.25) is 4.79 Å². The second-order valence-corrected chi connectivity index (χ2v) is 7.78. The van der Waals surface area contributed by atoms with E-state index >= 15 is 0 Å². The van der Waals surface area contributed by atoms with Gasteiger partial charge in [-0.25, -0.2) is 0 Å². The van der Waals surface area contributed by atoms with Crippen molar-refractivity contribution in [1.82, 2.24) is 0 Å². The van der Waals surface area contributed by atoms with Gasteiger partial charge < -0.3 is 24.1 Å². The van der Waals surface area contributed by atoms with Crippen LogP contribution in [0.3, 0.4) is 0 Å². The number of hydrogen-bond acceptors (Lipinski definition) is 6. The number of hydrogen-bond donors (Lipinski definition) is 2. The predicted octanol–water partition coefficient (Wildman–Crippen LogP) is 2.68. The summed E-state index contributed by atoms with van der Waals surface area (Å²) < 4.78 is 17.9. The van der Waals surface area contributed by atoms with Crippen molar-refractivity contribution < 1.29 is 24.1 Å². The van der Waals surface area contributed by atoms with Gasteiger partial charge in [-0.05, 0) is 39.5 Å². The highest BCUT2D eigenvalue weighted by molar-refractivity contribution is 5.87. The second kappa shape index (κ2) is 6.28. The maximum absolute atomic E-state index is 12.7. The van der Waals surface area contributed by atoms with Gasteiger partial charge in [0.2, 0.25) is 0 Å². The van der Waals surface area contributed by atoms with Crippen molar-refractivity contribution in [3.8, 4) is 11.5 Å². The Morgan fingerprint density at radius 2 is 2.00 bits per heavy atom. The molecule has 140 valence electrons. The number of rotatable bonds is 4. The van der Waals surface area contributed by atoms with Gasteiger partial charge in [0, 0.05) is 24.1 Å². The molecule has 2 heterocycles. The maximum Gasteiger partial charge on any atom is 0.196 e. The third-order valence-corrected chi connectivity index (χ3v) is 5.28. The molecule has 6 heteroatoms. The van der Waals surface area contributed by atoms with E-state index in [1.165, 1.54) is 6.07 Å². The van der Waals surface area contributed by atoms with Crippen LogP contribution in [0.5, 0.6) is 11.5 Å². The average Bonchev–Trinajstić information content (AvgIpc) is 3.22. The molecular formula is C20H24O6. The van der Waals surface area contributed by atoms with E-state index in [4.69, 9.17) is 13.9 Å². The fourth-order valence-corrected chi connectivity index (χ4v) is 3.81. The zero-order valence-corrected chi connectivity index (χ0v) is 15.1. The van der Waals surface area contributed by atoms with E-state index in [0.29, 0.717) is 28.9 Å². The molecule has 1 aromatic heterocycles. The summed E-state index contributed by atoms with van der Waals surface area (Å²) >= 11 is 0. The highest BCUT2D eigenvalue weighted by Gasteiger charge is 2.38. The van der Waals surface area contributed by atoms with Gasteiger partial charge in [0.05, 0.1) is 11.7 Å². The van der Waals surface area contributed by atoms with E-state index in [2.05, 4.69) is 0 Å². The van der Waals surface area contributed by atoms with Crippen molar-refractivity contribution in [3.05, 3.63) is 33.7 Å². The molecule has 1 saturated carbocycles. The molecule has 26 heavy (non-hydrogen) atoms. The summed E-state index contributed by atoms with van der Waals surface area (Å²) in [5.41, 5.74) is -0.119. The molecule has 2 aliphatic rings. The monoisotopic (exact) mass is 360 g/mol. The van der Waals surface area contributed by atoms with Crippen molar-refractivity contribution in [3.63, 3.8) is 0 Å². The summed E-state index contributed by atoms with van der Waals surface area (Å²) in [6.07, 6.45) is 4.27. The first-order chi connectivity index (χ1) is 12.4. The van der Waals surface area contributed by atoms with Crippen LogP contribution in [0.4, 0.5) is 0 Å². The van der Waals surface area contributed by atoms with Gasteiger partial charge in [0.25, 0.3) is 0 Å². The molecule has 2 N–H and O–H groups in total. The maximum atomic E-state index is 12.7. The minimum Gasteiger partial charge on any atom is -0.489 e. The van der Waals surface area contributed by atoms with Gasteiger partial charge >= 0.3 is 0 Å². The molecule has 1 aliphatic carbocycles. The van der Waals surface area contributed by atoms with Crippen LogP contribution in [-0.2, 0) is 13.0 Å². The molecule has 1 aromatic carbocycles. The van der Waals surface area contributed by atoms with E-state index < -0.39 is 11.7 Å². The Morgan fingerprint density at radius 3 is 2.65 bits per heavy atom. The SMILES string of the molecule is CC(C)(O)C1Cc2c(cc3oc(CO)cc(=O)c3c2OC2CCCC2)O1. The lowest BCUT2D eigenvalue weighted by molar-refractivity contribution is -0.0229. The van der Waals surface area contributed by atoms with Crippen LogP contribution in [0.15, 0.2) is 21.3 Å². The van der Waals surface area contributed by atoms with Gasteiger partial charge in [0.1, 0.15) is 40.9 Å². The zero-order valence-electron chi connectivity index (χ0n) is 15.1. The van der Waals surface area contributed by atoms with Crippen LogP contribution in [0.25, 0.3) is 11.0 Å². The lowest BCUT2D eigenvalue weighted by atomic mass is 9.96. The quantitative estimate of drug-likeness (QED) is 0.871. The van der Waals surface area contributed by atoms with Crippen LogP contribution in [0, 0.1) is 0 Å². The molecule has 0 bridgehead atoms. The van der Waals surface area contributed by atoms with Crippen LogP contribution in [0.2, 0.25) is 0 Å². The lowest BCUT2D eigenvalue weighted by Crippen LogP contribution is -2.39. The van der Waals surface area contributed by atoms with E-state index in [0.717, 1.165) is 31.2 Å². The molecule has 0 saturated heterocycles. The van der Waals surface area contributed by atoms with E-state index in [1.54, 1.807) is 19.9 Å². The molecule has 1 fully saturated rings. The average molecular weight is 360 g/mol. The molecule has 1 aliphatic heterocycles. The van der Waals surface area contributed by atoms with Gasteiger partial charge in [0.15, 0.2) is 5.43 Å². The summed E-state index contributed by atoms with van der Waals surface area (Å²) in [5.74, 6) is 1.27. The third-order valence-electron chi connectivity index (χ3n) is 5.28. The normalized spacial score (nSPS) is 20.4. The lowest BCUT2D eigenvalue weighted by Gasteiger charge is -2.24. The third kappa shape index (κ3) is 2.97. The molecule has 1 unspecified atom stereocenters. The largest absolute Gasteiger partial charge is 0.489 e. The van der Waals surface area contributed by atoms with Crippen molar-refractivity contribution in [1.29, 1.82) is 0 Å². The highest BCUT2D eigenvalue weighted by atomic mass is 16.5. The molecule has 0 amide bonds. The summed E-state index contributed by atoms with van der Waals surface area (Å²) in [7, 11) is 0. The second-order valence-electron chi connectivity index (χ2n) is 7.78. The van der Waals surface area contributed by atoms with Crippen LogP contribution >= 0.6 is 0 Å². The van der Waals surface area contributed by atoms with Gasteiger partial charge in [-0.1, -0.05) is 0 Å². The Labute approximate surface area is 151 Å². The van der Waals surface area contributed by atoms with E-state index in [9.17, 15) is 15.0 Å². The minimum absolute atomic E-state index is 0.0720. The smallest absolute Gasteiger partial charge is 0.196 e. The molecule has 4 rings (SSSR count). The Morgan fingerprint density at radius 1 is 1.27 bits per heavy atom. The number of fused-ring (bicyclic) bond motifs is 2. The van der Waals surface area contributed by atoms with Crippen LogP contribution in [0.1, 0.15) is 50.9 Å². The number of aliphatic hydroxyl groups is 2. The van der Waals surface area contributed by atoms with Crippen molar-refractivity contribution in [2.75, 3.05) is 0 Å². The Bertz CT molecular complexity index is 886. The molecular weight excluding hydrogens is 336 g/mol. The summed E-state index contributed by atoms with van der Waals surface area (Å²) in [6, 6.07) is 2.97.